The smallest absolute Gasteiger partial charge is 0.120 e. The van der Waals surface area contributed by atoms with Gasteiger partial charge in [-0.25, -0.2) is 4.52 Å². The SMILES string of the molecule is CCC(C)Nc1cc(C)nn2c(-c3ccc(OC)cc3Cl)c(C)cc12. The van der Waals surface area contributed by atoms with Crippen molar-refractivity contribution in [1.82, 2.24) is 9.61 Å². The summed E-state index contributed by atoms with van der Waals surface area (Å²) in [7, 11) is 1.64. The van der Waals surface area contributed by atoms with E-state index < -0.39 is 0 Å². The first-order valence-corrected chi connectivity index (χ1v) is 8.92. The highest BCUT2D eigenvalue weighted by Crippen LogP contribution is 2.36. The van der Waals surface area contributed by atoms with Crippen molar-refractivity contribution in [2.24, 2.45) is 0 Å². The van der Waals surface area contributed by atoms with Crippen LogP contribution in [-0.4, -0.2) is 22.8 Å². The van der Waals surface area contributed by atoms with Crippen molar-refractivity contribution in [2.75, 3.05) is 12.4 Å². The molecule has 2 aromatic heterocycles. The molecular formula is C20H24ClN3O. The Morgan fingerprint density at radius 3 is 2.64 bits per heavy atom. The second-order valence-corrected chi connectivity index (χ2v) is 6.88. The number of hydrogen-bond acceptors (Lipinski definition) is 3. The molecule has 0 bridgehead atoms. The van der Waals surface area contributed by atoms with Gasteiger partial charge in [0.15, 0.2) is 0 Å². The Morgan fingerprint density at radius 1 is 1.24 bits per heavy atom. The van der Waals surface area contributed by atoms with E-state index in [0.717, 1.165) is 45.9 Å². The number of aromatic nitrogens is 2. The highest BCUT2D eigenvalue weighted by Gasteiger charge is 2.17. The van der Waals surface area contributed by atoms with Gasteiger partial charge in [0.2, 0.25) is 0 Å². The third-order valence-electron chi connectivity index (χ3n) is 4.50. The number of benzene rings is 1. The number of nitrogens with one attached hydrogen (secondary N) is 1. The van der Waals surface area contributed by atoms with Gasteiger partial charge in [-0.1, -0.05) is 18.5 Å². The zero-order valence-corrected chi connectivity index (χ0v) is 16.1. The van der Waals surface area contributed by atoms with Crippen LogP contribution >= 0.6 is 11.6 Å². The van der Waals surface area contributed by atoms with Gasteiger partial charge in [-0.15, -0.1) is 0 Å². The molecule has 0 fully saturated rings. The molecule has 1 atom stereocenters. The van der Waals surface area contributed by atoms with Gasteiger partial charge in [0.25, 0.3) is 0 Å². The Morgan fingerprint density at radius 2 is 2.00 bits per heavy atom. The summed E-state index contributed by atoms with van der Waals surface area (Å²) in [5, 5.41) is 8.98. The molecule has 0 amide bonds. The summed E-state index contributed by atoms with van der Waals surface area (Å²) in [6.45, 7) is 8.46. The van der Waals surface area contributed by atoms with Crippen LogP contribution in [0.4, 0.5) is 5.69 Å². The summed E-state index contributed by atoms with van der Waals surface area (Å²) >= 11 is 6.52. The summed E-state index contributed by atoms with van der Waals surface area (Å²) in [5.41, 5.74) is 6.22. The lowest BCUT2D eigenvalue weighted by atomic mass is 10.1. The van der Waals surface area contributed by atoms with Crippen LogP contribution in [0.15, 0.2) is 30.3 Å². The van der Waals surface area contributed by atoms with Crippen LogP contribution < -0.4 is 10.1 Å². The number of aryl methyl sites for hydroxylation is 2. The predicted octanol–water partition coefficient (Wildman–Crippen LogP) is 5.49. The Kier molecular flexibility index (Phi) is 4.91. The quantitative estimate of drug-likeness (QED) is 0.656. The molecule has 25 heavy (non-hydrogen) atoms. The fraction of sp³-hybridized carbons (Fsp3) is 0.350. The monoisotopic (exact) mass is 357 g/mol. The molecule has 1 aromatic carbocycles. The minimum atomic E-state index is 0.397. The fourth-order valence-corrected chi connectivity index (χ4v) is 3.27. The lowest BCUT2D eigenvalue weighted by Crippen LogP contribution is -2.14. The van der Waals surface area contributed by atoms with E-state index in [4.69, 9.17) is 21.4 Å². The maximum absolute atomic E-state index is 6.52. The molecule has 0 radical (unpaired) electrons. The van der Waals surface area contributed by atoms with E-state index in [1.807, 2.05) is 29.6 Å². The Balaban J connectivity index is 2.21. The number of methoxy groups -OCH3 is 1. The van der Waals surface area contributed by atoms with Crippen molar-refractivity contribution in [2.45, 2.75) is 40.2 Å². The van der Waals surface area contributed by atoms with Crippen molar-refractivity contribution < 1.29 is 4.74 Å². The predicted molar refractivity (Wildman–Crippen MR) is 105 cm³/mol. The van der Waals surface area contributed by atoms with Crippen molar-refractivity contribution in [3.8, 4) is 17.0 Å². The van der Waals surface area contributed by atoms with Crippen LogP contribution in [0.2, 0.25) is 5.02 Å². The van der Waals surface area contributed by atoms with Gasteiger partial charge in [-0.05, 0) is 63.1 Å². The van der Waals surface area contributed by atoms with E-state index in [9.17, 15) is 0 Å². The first-order valence-electron chi connectivity index (χ1n) is 8.55. The molecule has 2 heterocycles. The lowest BCUT2D eigenvalue weighted by Gasteiger charge is -2.15. The van der Waals surface area contributed by atoms with Crippen LogP contribution in [-0.2, 0) is 0 Å². The molecular weight excluding hydrogens is 334 g/mol. The number of nitrogens with zero attached hydrogens (tertiary/aromatic N) is 2. The van der Waals surface area contributed by atoms with E-state index in [0.29, 0.717) is 11.1 Å². The first kappa shape index (κ1) is 17.6. The normalized spacial score (nSPS) is 12.4. The summed E-state index contributed by atoms with van der Waals surface area (Å²) in [6, 6.07) is 10.4. The number of halogens is 1. The zero-order valence-electron chi connectivity index (χ0n) is 15.4. The van der Waals surface area contributed by atoms with Gasteiger partial charge >= 0.3 is 0 Å². The number of rotatable bonds is 5. The third kappa shape index (κ3) is 3.31. The van der Waals surface area contributed by atoms with Gasteiger partial charge in [-0.2, -0.15) is 5.10 Å². The number of fused-ring (bicyclic) bond motifs is 1. The molecule has 3 aromatic rings. The molecule has 1 N–H and O–H groups in total. The minimum Gasteiger partial charge on any atom is -0.497 e. The molecule has 0 aliphatic rings. The first-order chi connectivity index (χ1) is 11.9. The number of ether oxygens (including phenoxy) is 1. The largest absolute Gasteiger partial charge is 0.497 e. The molecule has 0 saturated carbocycles. The molecule has 3 rings (SSSR count). The van der Waals surface area contributed by atoms with Crippen molar-refractivity contribution >= 4 is 22.8 Å². The zero-order chi connectivity index (χ0) is 18.1. The minimum absolute atomic E-state index is 0.397. The average molecular weight is 358 g/mol. The molecule has 0 spiro atoms. The molecule has 5 heteroatoms. The van der Waals surface area contributed by atoms with E-state index in [-0.39, 0.29) is 0 Å². The van der Waals surface area contributed by atoms with Crippen LogP contribution in [0, 0.1) is 13.8 Å². The second kappa shape index (κ2) is 6.96. The molecule has 132 valence electrons. The van der Waals surface area contributed by atoms with Crippen molar-refractivity contribution in [3.63, 3.8) is 0 Å². The fourth-order valence-electron chi connectivity index (χ4n) is 3.01. The van der Waals surface area contributed by atoms with Gasteiger partial charge in [-0.3, -0.25) is 0 Å². The van der Waals surface area contributed by atoms with Gasteiger partial charge in [0.1, 0.15) is 5.75 Å². The molecule has 1 unspecified atom stereocenters. The van der Waals surface area contributed by atoms with Gasteiger partial charge in [0, 0.05) is 11.6 Å². The van der Waals surface area contributed by atoms with E-state index in [1.54, 1.807) is 7.11 Å². The molecule has 0 aliphatic heterocycles. The van der Waals surface area contributed by atoms with E-state index >= 15 is 0 Å². The number of hydrogen-bond donors (Lipinski definition) is 1. The Hall–Kier alpha value is -2.20. The molecule has 0 aliphatic carbocycles. The van der Waals surface area contributed by atoms with Crippen LogP contribution in [0.3, 0.4) is 0 Å². The summed E-state index contributed by atoms with van der Waals surface area (Å²) < 4.78 is 7.25. The molecule has 0 saturated heterocycles. The topological polar surface area (TPSA) is 38.6 Å². The van der Waals surface area contributed by atoms with Crippen molar-refractivity contribution in [1.29, 1.82) is 0 Å². The highest BCUT2D eigenvalue weighted by molar-refractivity contribution is 6.33. The lowest BCUT2D eigenvalue weighted by molar-refractivity contribution is 0.415. The van der Waals surface area contributed by atoms with Crippen LogP contribution in [0.25, 0.3) is 16.8 Å². The maximum atomic E-state index is 6.52. The maximum Gasteiger partial charge on any atom is 0.120 e. The Bertz CT molecular complexity index is 917. The van der Waals surface area contributed by atoms with Crippen molar-refractivity contribution in [3.05, 3.63) is 46.6 Å². The van der Waals surface area contributed by atoms with E-state index in [1.165, 1.54) is 0 Å². The third-order valence-corrected chi connectivity index (χ3v) is 4.81. The van der Waals surface area contributed by atoms with Crippen LogP contribution in [0.5, 0.6) is 5.75 Å². The van der Waals surface area contributed by atoms with E-state index in [2.05, 4.69) is 38.2 Å². The van der Waals surface area contributed by atoms with Gasteiger partial charge < -0.3 is 10.1 Å². The highest BCUT2D eigenvalue weighted by atomic mass is 35.5. The van der Waals surface area contributed by atoms with Crippen LogP contribution in [0.1, 0.15) is 31.5 Å². The standard InChI is InChI=1S/C20H24ClN3O/c1-6-13(3)22-18-10-14(4)23-24-19(18)9-12(2)20(24)16-8-7-15(25-5)11-17(16)21/h7-11,13,22H,6H2,1-5H3. The Labute approximate surface area is 153 Å². The number of anilines is 1. The summed E-state index contributed by atoms with van der Waals surface area (Å²) in [4.78, 5) is 0. The summed E-state index contributed by atoms with van der Waals surface area (Å²) in [5.74, 6) is 0.746. The summed E-state index contributed by atoms with van der Waals surface area (Å²) in [6.07, 6.45) is 1.06. The van der Waals surface area contributed by atoms with Gasteiger partial charge in [0.05, 0.1) is 34.7 Å². The average Bonchev–Trinajstić information content (AvgIpc) is 2.90. The second-order valence-electron chi connectivity index (χ2n) is 6.47. The molecule has 4 nitrogen and oxygen atoms in total.